The van der Waals surface area contributed by atoms with Gasteiger partial charge in [0.1, 0.15) is 0 Å². The highest BCUT2D eigenvalue weighted by molar-refractivity contribution is 5.73. The van der Waals surface area contributed by atoms with Gasteiger partial charge in [-0.15, -0.1) is 0 Å². The van der Waals surface area contributed by atoms with Crippen LogP contribution in [0.25, 0.3) is 0 Å². The molecule has 0 unspecified atom stereocenters. The average molecular weight is 340 g/mol. The van der Waals surface area contributed by atoms with E-state index in [9.17, 15) is 4.79 Å². The Kier molecular flexibility index (Phi) is 20.1. The number of esters is 1. The van der Waals surface area contributed by atoms with Crippen LogP contribution in [0.15, 0.2) is 0 Å². The van der Waals surface area contributed by atoms with Crippen molar-refractivity contribution in [3.05, 3.63) is 6.92 Å². The van der Waals surface area contributed by atoms with Crippen molar-refractivity contribution >= 4 is 5.97 Å². The molecule has 0 aliphatic heterocycles. The summed E-state index contributed by atoms with van der Waals surface area (Å²) in [5.41, 5.74) is 0. The highest BCUT2D eigenvalue weighted by atomic mass is 16.5. The van der Waals surface area contributed by atoms with Crippen molar-refractivity contribution in [2.24, 2.45) is 0 Å². The minimum absolute atomic E-state index is 0.401. The standard InChI is InChI=1S/C22H43O2/c1-3-4-5-6-7-8-9-10-11-12-13-14-15-16-17-18-19-20-21-24-22(2)23/h2-21H2,1H3. The van der Waals surface area contributed by atoms with Crippen LogP contribution in [0, 0.1) is 6.92 Å². The van der Waals surface area contributed by atoms with E-state index in [-0.39, 0.29) is 0 Å². The van der Waals surface area contributed by atoms with Gasteiger partial charge in [-0.1, -0.05) is 116 Å². The monoisotopic (exact) mass is 339 g/mol. The first-order valence-electron chi connectivity index (χ1n) is 10.8. The maximum absolute atomic E-state index is 10.5. The van der Waals surface area contributed by atoms with Gasteiger partial charge in [0.05, 0.1) is 13.5 Å². The van der Waals surface area contributed by atoms with Gasteiger partial charge in [-0.3, -0.25) is 4.79 Å². The minimum Gasteiger partial charge on any atom is -0.466 e. The SMILES string of the molecule is [CH2]C(=O)OCCCCCCCCCCCCCCCCCCCC. The van der Waals surface area contributed by atoms with E-state index in [1.807, 2.05) is 0 Å². The molecule has 0 N–H and O–H groups in total. The molecule has 0 aromatic heterocycles. The molecule has 0 saturated carbocycles. The quantitative estimate of drug-likeness (QED) is 0.181. The number of carbonyl (C=O) groups is 1. The predicted molar refractivity (Wildman–Crippen MR) is 105 cm³/mol. The molecular weight excluding hydrogens is 296 g/mol. The Morgan fingerprint density at radius 2 is 0.875 bits per heavy atom. The van der Waals surface area contributed by atoms with Crippen LogP contribution in [0.4, 0.5) is 0 Å². The largest absolute Gasteiger partial charge is 0.466 e. The fourth-order valence-electron chi connectivity index (χ4n) is 3.19. The lowest BCUT2D eigenvalue weighted by atomic mass is 10.0. The molecule has 0 rings (SSSR count). The first-order chi connectivity index (χ1) is 11.8. The van der Waals surface area contributed by atoms with Gasteiger partial charge in [0.2, 0.25) is 0 Å². The van der Waals surface area contributed by atoms with Crippen LogP contribution in [-0.2, 0) is 9.53 Å². The predicted octanol–water partition coefficient (Wildman–Crippen LogP) is 7.41. The first kappa shape index (κ1) is 23.5. The van der Waals surface area contributed by atoms with Crippen LogP contribution in [-0.4, -0.2) is 12.6 Å². The van der Waals surface area contributed by atoms with Crippen LogP contribution >= 0.6 is 0 Å². The third kappa shape index (κ3) is 21.5. The summed E-state index contributed by atoms with van der Waals surface area (Å²) < 4.78 is 4.82. The van der Waals surface area contributed by atoms with E-state index < -0.39 is 5.97 Å². The second-order valence-electron chi connectivity index (χ2n) is 7.23. The molecule has 2 nitrogen and oxygen atoms in total. The highest BCUT2D eigenvalue weighted by Gasteiger charge is 1.96. The molecule has 0 saturated heterocycles. The number of rotatable bonds is 19. The van der Waals surface area contributed by atoms with E-state index in [0.717, 1.165) is 6.42 Å². The van der Waals surface area contributed by atoms with Gasteiger partial charge >= 0.3 is 5.97 Å². The normalized spacial score (nSPS) is 10.9. The van der Waals surface area contributed by atoms with Crippen molar-refractivity contribution < 1.29 is 9.53 Å². The molecule has 0 spiro atoms. The number of ether oxygens (including phenoxy) is 1. The van der Waals surface area contributed by atoms with Gasteiger partial charge in [0, 0.05) is 0 Å². The maximum atomic E-state index is 10.5. The van der Waals surface area contributed by atoms with Crippen LogP contribution in [0.2, 0.25) is 0 Å². The van der Waals surface area contributed by atoms with Gasteiger partial charge in [0.15, 0.2) is 0 Å². The van der Waals surface area contributed by atoms with Crippen molar-refractivity contribution in [2.75, 3.05) is 6.61 Å². The third-order valence-electron chi connectivity index (χ3n) is 4.76. The van der Waals surface area contributed by atoms with Crippen LogP contribution in [0.1, 0.15) is 122 Å². The van der Waals surface area contributed by atoms with E-state index in [2.05, 4.69) is 13.8 Å². The van der Waals surface area contributed by atoms with E-state index in [4.69, 9.17) is 4.74 Å². The van der Waals surface area contributed by atoms with Gasteiger partial charge in [-0.2, -0.15) is 0 Å². The van der Waals surface area contributed by atoms with Crippen molar-refractivity contribution in [1.29, 1.82) is 0 Å². The Bertz CT molecular complexity index is 250. The Balaban J connectivity index is 2.97. The van der Waals surface area contributed by atoms with Crippen LogP contribution in [0.3, 0.4) is 0 Å². The summed E-state index contributed by atoms with van der Waals surface area (Å²) >= 11 is 0. The number of unbranched alkanes of at least 4 members (excludes halogenated alkanes) is 17. The maximum Gasteiger partial charge on any atom is 0.306 e. The molecule has 0 aliphatic carbocycles. The third-order valence-corrected chi connectivity index (χ3v) is 4.76. The second kappa shape index (κ2) is 20.5. The summed E-state index contributed by atoms with van der Waals surface area (Å²) in [5.74, 6) is -0.401. The topological polar surface area (TPSA) is 26.3 Å². The van der Waals surface area contributed by atoms with E-state index >= 15 is 0 Å². The average Bonchev–Trinajstić information content (AvgIpc) is 2.56. The van der Waals surface area contributed by atoms with E-state index in [0.29, 0.717) is 6.61 Å². The molecule has 0 heterocycles. The zero-order chi connectivity index (χ0) is 17.7. The Hall–Kier alpha value is -0.530. The number of hydrogen-bond donors (Lipinski definition) is 0. The Morgan fingerprint density at radius 1 is 0.583 bits per heavy atom. The lowest BCUT2D eigenvalue weighted by molar-refractivity contribution is -0.138. The van der Waals surface area contributed by atoms with Gasteiger partial charge in [-0.25, -0.2) is 0 Å². The second-order valence-corrected chi connectivity index (χ2v) is 7.23. The molecule has 1 radical (unpaired) electrons. The summed E-state index contributed by atoms with van der Waals surface area (Å²) in [6, 6.07) is 0. The molecular formula is C22H43O2. The van der Waals surface area contributed by atoms with E-state index in [1.165, 1.54) is 109 Å². The van der Waals surface area contributed by atoms with Crippen molar-refractivity contribution in [3.63, 3.8) is 0 Å². The van der Waals surface area contributed by atoms with Gasteiger partial charge in [0.25, 0.3) is 0 Å². The fourth-order valence-corrected chi connectivity index (χ4v) is 3.19. The Labute approximate surface area is 152 Å². The van der Waals surface area contributed by atoms with Crippen molar-refractivity contribution in [3.8, 4) is 0 Å². The molecule has 0 bridgehead atoms. The molecule has 0 atom stereocenters. The lowest BCUT2D eigenvalue weighted by Crippen LogP contribution is -2.00. The summed E-state index contributed by atoms with van der Waals surface area (Å²) in [6.45, 7) is 6.02. The summed E-state index contributed by atoms with van der Waals surface area (Å²) in [4.78, 5) is 10.5. The summed E-state index contributed by atoms with van der Waals surface area (Å²) in [6.07, 6.45) is 24.7. The minimum atomic E-state index is -0.401. The number of carbonyl (C=O) groups excluding carboxylic acids is 1. The van der Waals surface area contributed by atoms with Crippen molar-refractivity contribution in [1.82, 2.24) is 0 Å². The Morgan fingerprint density at radius 3 is 1.17 bits per heavy atom. The van der Waals surface area contributed by atoms with Gasteiger partial charge in [-0.05, 0) is 6.42 Å². The van der Waals surface area contributed by atoms with Crippen LogP contribution in [0.5, 0.6) is 0 Å². The molecule has 143 valence electrons. The zero-order valence-electron chi connectivity index (χ0n) is 16.5. The molecule has 2 heteroatoms. The molecule has 0 amide bonds. The molecule has 24 heavy (non-hydrogen) atoms. The molecule has 0 aliphatic rings. The highest BCUT2D eigenvalue weighted by Crippen LogP contribution is 2.14. The number of hydrogen-bond acceptors (Lipinski definition) is 2. The lowest BCUT2D eigenvalue weighted by Gasteiger charge is -2.04. The smallest absolute Gasteiger partial charge is 0.306 e. The summed E-state index contributed by atoms with van der Waals surface area (Å²) in [5, 5.41) is 0. The summed E-state index contributed by atoms with van der Waals surface area (Å²) in [7, 11) is 0. The van der Waals surface area contributed by atoms with E-state index in [1.54, 1.807) is 0 Å². The zero-order valence-corrected chi connectivity index (χ0v) is 16.5. The first-order valence-corrected chi connectivity index (χ1v) is 10.8. The fraction of sp³-hybridized carbons (Fsp3) is 0.909. The molecule has 0 fully saturated rings. The van der Waals surface area contributed by atoms with Crippen LogP contribution < -0.4 is 0 Å². The molecule has 0 aromatic rings. The van der Waals surface area contributed by atoms with Gasteiger partial charge < -0.3 is 4.74 Å². The van der Waals surface area contributed by atoms with Crippen molar-refractivity contribution in [2.45, 2.75) is 122 Å². The molecule has 0 aromatic carbocycles.